The number of esters is 1. The summed E-state index contributed by atoms with van der Waals surface area (Å²) in [7, 11) is 1.41. The molecule has 0 spiro atoms. The van der Waals surface area contributed by atoms with Crippen LogP contribution in [0, 0.1) is 5.92 Å². The Bertz CT molecular complexity index is 1350. The molecule has 6 heteroatoms. The Labute approximate surface area is 234 Å². The number of carbonyl (C=O) groups is 1. The average molecular weight is 553 g/mol. The minimum absolute atomic E-state index is 0.241. The summed E-state index contributed by atoms with van der Waals surface area (Å²) in [5.41, 5.74) is 8.53. The van der Waals surface area contributed by atoms with E-state index in [1.54, 1.807) is 6.07 Å². The first-order valence-corrected chi connectivity index (χ1v) is 14.0. The van der Waals surface area contributed by atoms with Gasteiger partial charge in [0.1, 0.15) is 0 Å². The van der Waals surface area contributed by atoms with Gasteiger partial charge in [-0.05, 0) is 108 Å². The van der Waals surface area contributed by atoms with E-state index in [9.17, 15) is 9.18 Å². The molecule has 1 unspecified atom stereocenters. The standard InChI is InChI=1S/C32H32Cl2FNO2/c1-38-32(37)25-8-10-27-24(18-25)7-11-29(28-12-9-26(33)19-30(28)34)31(27)23-5-3-21(4-6-23)17-22-13-16-36(20-22)15-2-14-35/h3-6,8-10,12,18-19,22H,2,7,11,13-17,20H2,1H3. The molecule has 3 nitrogen and oxygen atoms in total. The summed E-state index contributed by atoms with van der Waals surface area (Å²) in [6.45, 7) is 2.72. The third kappa shape index (κ3) is 5.83. The maximum absolute atomic E-state index is 12.6. The number of alkyl halides is 1. The summed E-state index contributed by atoms with van der Waals surface area (Å²) >= 11 is 12.9. The third-order valence-corrected chi connectivity index (χ3v) is 8.29. The fourth-order valence-electron chi connectivity index (χ4n) is 5.88. The van der Waals surface area contributed by atoms with Crippen molar-refractivity contribution < 1.29 is 13.9 Å². The third-order valence-electron chi connectivity index (χ3n) is 7.74. The fraction of sp³-hybridized carbons (Fsp3) is 0.344. The Hall–Kier alpha value is -2.66. The van der Waals surface area contributed by atoms with Gasteiger partial charge in [0.15, 0.2) is 0 Å². The van der Waals surface area contributed by atoms with Gasteiger partial charge in [-0.1, -0.05) is 59.6 Å². The number of hydrogen-bond donors (Lipinski definition) is 0. The lowest BCUT2D eigenvalue weighted by atomic mass is 9.79. The molecule has 5 rings (SSSR count). The van der Waals surface area contributed by atoms with Crippen LogP contribution < -0.4 is 0 Å². The van der Waals surface area contributed by atoms with Crippen molar-refractivity contribution in [2.24, 2.45) is 5.92 Å². The summed E-state index contributed by atoms with van der Waals surface area (Å²) in [6, 6.07) is 20.3. The SMILES string of the molecule is COC(=O)c1ccc2c(c1)CCC(c1ccc(Cl)cc1Cl)=C2c1ccc(CC2CCN(CCCF)C2)cc1. The molecule has 0 amide bonds. The van der Waals surface area contributed by atoms with Crippen LogP contribution in [-0.2, 0) is 17.6 Å². The van der Waals surface area contributed by atoms with Gasteiger partial charge in [-0.3, -0.25) is 4.39 Å². The normalized spacial score (nSPS) is 17.5. The van der Waals surface area contributed by atoms with Crippen molar-refractivity contribution in [1.82, 2.24) is 4.90 Å². The van der Waals surface area contributed by atoms with Crippen LogP contribution in [0.5, 0.6) is 0 Å². The number of likely N-dealkylation sites (tertiary alicyclic amines) is 1. The first kappa shape index (κ1) is 26.9. The van der Waals surface area contributed by atoms with Crippen LogP contribution in [-0.4, -0.2) is 44.3 Å². The maximum Gasteiger partial charge on any atom is 0.337 e. The topological polar surface area (TPSA) is 29.5 Å². The molecule has 1 atom stereocenters. The van der Waals surface area contributed by atoms with E-state index in [2.05, 4.69) is 29.2 Å². The molecular formula is C32H32Cl2FNO2. The van der Waals surface area contributed by atoms with Crippen molar-refractivity contribution in [3.8, 4) is 0 Å². The maximum atomic E-state index is 12.6. The smallest absolute Gasteiger partial charge is 0.337 e. The molecule has 0 aromatic heterocycles. The van der Waals surface area contributed by atoms with Crippen molar-refractivity contribution >= 4 is 40.3 Å². The first-order chi connectivity index (χ1) is 18.5. The quantitative estimate of drug-likeness (QED) is 0.266. The molecule has 38 heavy (non-hydrogen) atoms. The van der Waals surface area contributed by atoms with E-state index in [0.717, 1.165) is 73.1 Å². The number of nitrogens with zero attached hydrogens (tertiary/aromatic N) is 1. The van der Waals surface area contributed by atoms with Crippen molar-refractivity contribution in [1.29, 1.82) is 0 Å². The van der Waals surface area contributed by atoms with Gasteiger partial charge in [-0.15, -0.1) is 0 Å². The van der Waals surface area contributed by atoms with Gasteiger partial charge in [0, 0.05) is 23.1 Å². The number of benzene rings is 3. The summed E-state index contributed by atoms with van der Waals surface area (Å²) in [4.78, 5) is 14.6. The molecule has 198 valence electrons. The van der Waals surface area contributed by atoms with Crippen LogP contribution in [0.3, 0.4) is 0 Å². The van der Waals surface area contributed by atoms with Crippen LogP contribution in [0.2, 0.25) is 10.0 Å². The molecule has 3 aromatic carbocycles. The number of carbonyl (C=O) groups excluding carboxylic acids is 1. The van der Waals surface area contributed by atoms with Crippen molar-refractivity contribution in [2.45, 2.75) is 32.1 Å². The van der Waals surface area contributed by atoms with E-state index in [4.69, 9.17) is 27.9 Å². The zero-order valence-electron chi connectivity index (χ0n) is 21.6. The lowest BCUT2D eigenvalue weighted by Gasteiger charge is -2.26. The highest BCUT2D eigenvalue weighted by molar-refractivity contribution is 6.36. The Morgan fingerprint density at radius 1 is 1.03 bits per heavy atom. The van der Waals surface area contributed by atoms with E-state index >= 15 is 0 Å². The molecule has 1 saturated heterocycles. The minimum atomic E-state index is -0.329. The molecule has 1 aliphatic heterocycles. The number of allylic oxidation sites excluding steroid dienone is 1. The summed E-state index contributed by atoms with van der Waals surface area (Å²) in [5, 5.41) is 1.24. The van der Waals surface area contributed by atoms with Crippen molar-refractivity contribution in [3.63, 3.8) is 0 Å². The zero-order chi connectivity index (χ0) is 26.6. The largest absolute Gasteiger partial charge is 0.465 e. The van der Waals surface area contributed by atoms with Gasteiger partial charge >= 0.3 is 5.97 Å². The van der Waals surface area contributed by atoms with Gasteiger partial charge in [0.2, 0.25) is 0 Å². The highest BCUT2D eigenvalue weighted by Gasteiger charge is 2.25. The van der Waals surface area contributed by atoms with Gasteiger partial charge in [0.25, 0.3) is 0 Å². The molecule has 0 saturated carbocycles. The minimum Gasteiger partial charge on any atom is -0.465 e. The fourth-order valence-corrected chi connectivity index (χ4v) is 6.40. The molecule has 1 heterocycles. The van der Waals surface area contributed by atoms with Crippen molar-refractivity contribution in [2.75, 3.05) is 33.4 Å². The number of ether oxygens (including phenoxy) is 1. The molecule has 2 aliphatic rings. The predicted molar refractivity (Wildman–Crippen MR) is 154 cm³/mol. The van der Waals surface area contributed by atoms with E-state index in [1.165, 1.54) is 18.2 Å². The Balaban J connectivity index is 1.48. The second-order valence-corrected chi connectivity index (χ2v) is 11.1. The molecule has 0 radical (unpaired) electrons. The lowest BCUT2D eigenvalue weighted by molar-refractivity contribution is 0.0600. The van der Waals surface area contributed by atoms with E-state index in [1.807, 2.05) is 30.3 Å². The van der Waals surface area contributed by atoms with Gasteiger partial charge in [-0.25, -0.2) is 4.79 Å². The summed E-state index contributed by atoms with van der Waals surface area (Å²) < 4.78 is 17.5. The monoisotopic (exact) mass is 551 g/mol. The van der Waals surface area contributed by atoms with Crippen LogP contribution in [0.25, 0.3) is 11.1 Å². The number of methoxy groups -OCH3 is 1. The molecule has 0 bridgehead atoms. The highest BCUT2D eigenvalue weighted by atomic mass is 35.5. The van der Waals surface area contributed by atoms with Crippen LogP contribution in [0.15, 0.2) is 60.7 Å². The zero-order valence-corrected chi connectivity index (χ0v) is 23.1. The lowest BCUT2D eigenvalue weighted by Crippen LogP contribution is -2.22. The molecule has 0 N–H and O–H groups in total. The first-order valence-electron chi connectivity index (χ1n) is 13.2. The van der Waals surface area contributed by atoms with Gasteiger partial charge in [-0.2, -0.15) is 0 Å². The molecule has 1 aliphatic carbocycles. The Morgan fingerprint density at radius 3 is 2.55 bits per heavy atom. The average Bonchev–Trinajstić information content (AvgIpc) is 3.38. The molecular weight excluding hydrogens is 520 g/mol. The van der Waals surface area contributed by atoms with Gasteiger partial charge < -0.3 is 9.64 Å². The van der Waals surface area contributed by atoms with Gasteiger partial charge in [0.05, 0.1) is 19.3 Å². The number of aryl methyl sites for hydroxylation is 1. The number of hydrogen-bond acceptors (Lipinski definition) is 3. The molecule has 3 aromatic rings. The van der Waals surface area contributed by atoms with E-state index in [-0.39, 0.29) is 12.6 Å². The Kier molecular flexibility index (Phi) is 8.52. The van der Waals surface area contributed by atoms with Crippen LogP contribution in [0.4, 0.5) is 4.39 Å². The van der Waals surface area contributed by atoms with E-state index < -0.39 is 0 Å². The summed E-state index contributed by atoms with van der Waals surface area (Å²) in [5.74, 6) is 0.277. The Morgan fingerprint density at radius 2 is 1.82 bits per heavy atom. The second kappa shape index (κ2) is 12.0. The van der Waals surface area contributed by atoms with Crippen LogP contribution in [0.1, 0.15) is 57.4 Å². The summed E-state index contributed by atoms with van der Waals surface area (Å²) in [6.07, 6.45) is 4.41. The molecule has 1 fully saturated rings. The number of rotatable bonds is 8. The predicted octanol–water partition coefficient (Wildman–Crippen LogP) is 7.91. The van der Waals surface area contributed by atoms with E-state index in [0.29, 0.717) is 27.9 Å². The van der Waals surface area contributed by atoms with Crippen molar-refractivity contribution in [3.05, 3.63) is 104 Å². The number of halogens is 3. The highest BCUT2D eigenvalue weighted by Crippen LogP contribution is 2.43. The number of fused-ring (bicyclic) bond motifs is 1. The second-order valence-electron chi connectivity index (χ2n) is 10.2. The van der Waals surface area contributed by atoms with Crippen LogP contribution >= 0.6 is 23.2 Å².